The van der Waals surface area contributed by atoms with Gasteiger partial charge in [-0.1, -0.05) is 18.2 Å². The summed E-state index contributed by atoms with van der Waals surface area (Å²) in [5, 5.41) is 8.31. The number of anilines is 2. The first-order valence-electron chi connectivity index (χ1n) is 8.42. The van der Waals surface area contributed by atoms with Crippen LogP contribution in [0.25, 0.3) is 0 Å². The van der Waals surface area contributed by atoms with Gasteiger partial charge in [0, 0.05) is 38.7 Å². The summed E-state index contributed by atoms with van der Waals surface area (Å²) >= 11 is 0. The minimum absolute atomic E-state index is 0.138. The minimum atomic E-state index is -0.138. The van der Waals surface area contributed by atoms with Gasteiger partial charge in [0.15, 0.2) is 11.5 Å². The first kappa shape index (κ1) is 17.5. The summed E-state index contributed by atoms with van der Waals surface area (Å²) in [6.07, 6.45) is 4.28. The van der Waals surface area contributed by atoms with Crippen molar-refractivity contribution in [2.24, 2.45) is 0 Å². The van der Waals surface area contributed by atoms with Crippen LogP contribution in [-0.4, -0.2) is 46.6 Å². The van der Waals surface area contributed by atoms with E-state index >= 15 is 0 Å². The SMILES string of the molecule is CN(CCc1ccncc1)C(=O)c1ccc(N(C)c2ccccc2)nn1. The van der Waals surface area contributed by atoms with Crippen LogP contribution in [0.5, 0.6) is 0 Å². The molecule has 0 N–H and O–H groups in total. The van der Waals surface area contributed by atoms with Gasteiger partial charge in [0.05, 0.1) is 0 Å². The number of aromatic nitrogens is 3. The van der Waals surface area contributed by atoms with Gasteiger partial charge in [0.1, 0.15) is 0 Å². The van der Waals surface area contributed by atoms with E-state index in [4.69, 9.17) is 0 Å². The predicted octanol–water partition coefficient (Wildman–Crippen LogP) is 2.95. The first-order valence-corrected chi connectivity index (χ1v) is 8.42. The molecule has 0 aliphatic heterocycles. The van der Waals surface area contributed by atoms with Crippen molar-refractivity contribution in [3.8, 4) is 0 Å². The van der Waals surface area contributed by atoms with Gasteiger partial charge in [-0.3, -0.25) is 9.78 Å². The molecule has 1 aromatic carbocycles. The smallest absolute Gasteiger partial charge is 0.274 e. The number of nitrogens with zero attached hydrogens (tertiary/aromatic N) is 5. The molecule has 26 heavy (non-hydrogen) atoms. The Hall–Kier alpha value is -3.28. The number of likely N-dealkylation sites (N-methyl/N-ethyl adjacent to an activating group) is 1. The second kappa shape index (κ2) is 8.20. The van der Waals surface area contributed by atoms with E-state index in [-0.39, 0.29) is 5.91 Å². The third kappa shape index (κ3) is 4.22. The van der Waals surface area contributed by atoms with Crippen LogP contribution in [0.2, 0.25) is 0 Å². The molecule has 3 rings (SSSR count). The van der Waals surface area contributed by atoms with Crippen LogP contribution in [-0.2, 0) is 6.42 Å². The topological polar surface area (TPSA) is 62.2 Å². The summed E-state index contributed by atoms with van der Waals surface area (Å²) in [6.45, 7) is 0.607. The summed E-state index contributed by atoms with van der Waals surface area (Å²) in [7, 11) is 3.69. The molecule has 6 nitrogen and oxygen atoms in total. The van der Waals surface area contributed by atoms with Crippen molar-refractivity contribution in [2.45, 2.75) is 6.42 Å². The summed E-state index contributed by atoms with van der Waals surface area (Å²) in [4.78, 5) is 20.1. The minimum Gasteiger partial charge on any atom is -0.340 e. The number of amides is 1. The van der Waals surface area contributed by atoms with Gasteiger partial charge in [-0.2, -0.15) is 0 Å². The number of benzene rings is 1. The van der Waals surface area contributed by atoms with Crippen LogP contribution in [0.3, 0.4) is 0 Å². The highest BCUT2D eigenvalue weighted by Crippen LogP contribution is 2.20. The summed E-state index contributed by atoms with van der Waals surface area (Å²) in [5.41, 5.74) is 2.49. The molecule has 1 amide bonds. The van der Waals surface area contributed by atoms with Crippen molar-refractivity contribution in [3.05, 3.63) is 78.2 Å². The lowest BCUT2D eigenvalue weighted by molar-refractivity contribution is 0.0789. The summed E-state index contributed by atoms with van der Waals surface area (Å²) < 4.78 is 0. The van der Waals surface area contributed by atoms with Crippen molar-refractivity contribution in [1.29, 1.82) is 0 Å². The lowest BCUT2D eigenvalue weighted by Gasteiger charge is -2.19. The quantitative estimate of drug-likeness (QED) is 0.686. The highest BCUT2D eigenvalue weighted by molar-refractivity contribution is 5.92. The molecule has 0 aliphatic carbocycles. The third-order valence-electron chi connectivity index (χ3n) is 4.19. The molecule has 0 saturated heterocycles. The zero-order valence-corrected chi connectivity index (χ0v) is 14.9. The maximum absolute atomic E-state index is 12.5. The van der Waals surface area contributed by atoms with E-state index in [0.717, 1.165) is 17.7 Å². The van der Waals surface area contributed by atoms with E-state index in [1.807, 2.05) is 60.5 Å². The van der Waals surface area contributed by atoms with Crippen LogP contribution in [0.4, 0.5) is 11.5 Å². The molecule has 0 bridgehead atoms. The van der Waals surface area contributed by atoms with Gasteiger partial charge in [0.25, 0.3) is 5.91 Å². The number of carbonyl (C=O) groups is 1. The third-order valence-corrected chi connectivity index (χ3v) is 4.19. The van der Waals surface area contributed by atoms with Crippen LogP contribution in [0.15, 0.2) is 67.0 Å². The molecule has 0 fully saturated rings. The predicted molar refractivity (Wildman–Crippen MR) is 101 cm³/mol. The summed E-state index contributed by atoms with van der Waals surface area (Å²) in [5.74, 6) is 0.549. The monoisotopic (exact) mass is 347 g/mol. The van der Waals surface area contributed by atoms with E-state index in [1.54, 1.807) is 30.4 Å². The number of para-hydroxylation sites is 1. The van der Waals surface area contributed by atoms with E-state index in [9.17, 15) is 4.79 Å². The Morgan fingerprint density at radius 1 is 0.923 bits per heavy atom. The van der Waals surface area contributed by atoms with Crippen molar-refractivity contribution in [1.82, 2.24) is 20.1 Å². The fraction of sp³-hybridized carbons (Fsp3) is 0.200. The Labute approximate surface area is 153 Å². The second-order valence-corrected chi connectivity index (χ2v) is 6.00. The fourth-order valence-corrected chi connectivity index (χ4v) is 2.55. The number of rotatable bonds is 6. The average molecular weight is 347 g/mol. The molecule has 0 spiro atoms. The number of hydrogen-bond donors (Lipinski definition) is 0. The highest BCUT2D eigenvalue weighted by atomic mass is 16.2. The first-order chi connectivity index (χ1) is 12.6. The lowest BCUT2D eigenvalue weighted by atomic mass is 10.2. The van der Waals surface area contributed by atoms with Crippen molar-refractivity contribution in [2.75, 3.05) is 25.5 Å². The lowest BCUT2D eigenvalue weighted by Crippen LogP contribution is -2.29. The average Bonchev–Trinajstić information content (AvgIpc) is 2.72. The van der Waals surface area contributed by atoms with Gasteiger partial charge in [-0.15, -0.1) is 10.2 Å². The molecule has 132 valence electrons. The van der Waals surface area contributed by atoms with Crippen molar-refractivity contribution >= 4 is 17.4 Å². The van der Waals surface area contributed by atoms with Gasteiger partial charge >= 0.3 is 0 Å². The number of hydrogen-bond acceptors (Lipinski definition) is 5. The van der Waals surface area contributed by atoms with Gasteiger partial charge in [0.2, 0.25) is 0 Å². The van der Waals surface area contributed by atoms with E-state index in [1.165, 1.54) is 0 Å². The zero-order valence-electron chi connectivity index (χ0n) is 14.9. The van der Waals surface area contributed by atoms with Crippen molar-refractivity contribution in [3.63, 3.8) is 0 Å². The number of pyridine rings is 1. The Morgan fingerprint density at radius 2 is 1.65 bits per heavy atom. The van der Waals surface area contributed by atoms with E-state index < -0.39 is 0 Å². The highest BCUT2D eigenvalue weighted by Gasteiger charge is 2.15. The van der Waals surface area contributed by atoms with Crippen LogP contribution < -0.4 is 4.90 Å². The molecule has 0 saturated carbocycles. The molecule has 2 heterocycles. The van der Waals surface area contributed by atoms with Crippen molar-refractivity contribution < 1.29 is 4.79 Å². The fourth-order valence-electron chi connectivity index (χ4n) is 2.55. The molecule has 0 atom stereocenters. The molecule has 0 unspecified atom stereocenters. The Balaban J connectivity index is 1.63. The van der Waals surface area contributed by atoms with Crippen LogP contribution in [0.1, 0.15) is 16.1 Å². The largest absolute Gasteiger partial charge is 0.340 e. The van der Waals surface area contributed by atoms with Crippen LogP contribution >= 0.6 is 0 Å². The number of carbonyl (C=O) groups excluding carboxylic acids is 1. The Bertz CT molecular complexity index is 837. The molecular formula is C20H21N5O. The van der Waals surface area contributed by atoms with Gasteiger partial charge < -0.3 is 9.80 Å². The van der Waals surface area contributed by atoms with E-state index in [2.05, 4.69) is 15.2 Å². The zero-order chi connectivity index (χ0) is 18.4. The van der Waals surface area contributed by atoms with Gasteiger partial charge in [-0.25, -0.2) is 0 Å². The molecular weight excluding hydrogens is 326 g/mol. The Kier molecular flexibility index (Phi) is 5.53. The second-order valence-electron chi connectivity index (χ2n) is 6.00. The van der Waals surface area contributed by atoms with Gasteiger partial charge in [-0.05, 0) is 48.4 Å². The Morgan fingerprint density at radius 3 is 2.31 bits per heavy atom. The molecule has 0 aliphatic rings. The standard InChI is InChI=1S/C20H21N5O/c1-24(15-12-16-10-13-21-14-11-16)20(26)18-8-9-19(23-22-18)25(2)17-6-4-3-5-7-17/h3-11,13-14H,12,15H2,1-2H3. The molecule has 2 aromatic heterocycles. The molecule has 6 heteroatoms. The maximum Gasteiger partial charge on any atom is 0.274 e. The normalized spacial score (nSPS) is 10.4. The summed E-state index contributed by atoms with van der Waals surface area (Å²) in [6, 6.07) is 17.3. The maximum atomic E-state index is 12.5. The van der Waals surface area contributed by atoms with E-state index in [0.29, 0.717) is 18.1 Å². The molecule has 3 aromatic rings. The molecule has 0 radical (unpaired) electrons. The van der Waals surface area contributed by atoms with Crippen LogP contribution in [0, 0.1) is 0 Å².